The van der Waals surface area contributed by atoms with Crippen LogP contribution in [0.25, 0.3) is 65.3 Å². The molecule has 0 atom stereocenters. The van der Waals surface area contributed by atoms with Gasteiger partial charge in [0.25, 0.3) is 0 Å². The highest BCUT2D eigenvalue weighted by atomic mass is 14.9. The minimum atomic E-state index is 1.08. The summed E-state index contributed by atoms with van der Waals surface area (Å²) < 4.78 is 6.43. The van der Waals surface area contributed by atoms with Crippen LogP contribution >= 0.6 is 0 Å². The van der Waals surface area contributed by atoms with Crippen molar-refractivity contribution in [3.63, 3.8) is 0 Å². The summed E-state index contributed by atoms with van der Waals surface area (Å²) in [6.45, 7) is 56.0. The van der Waals surface area contributed by atoms with E-state index >= 15 is 0 Å². The Morgan fingerprint density at radius 1 is 0.253 bits per heavy atom. The fourth-order valence-electron chi connectivity index (χ4n) is 10.0. The van der Waals surface area contributed by atoms with Gasteiger partial charge in [-0.05, 0) is 229 Å². The Labute approximate surface area is 527 Å². The number of fused-ring (bicyclic) bond motifs is 6. The summed E-state index contributed by atoms with van der Waals surface area (Å²) in [6, 6.07) is 27.6. The zero-order valence-corrected chi connectivity index (χ0v) is 59.8. The number of benzene rings is 4. The fourth-order valence-corrected chi connectivity index (χ4v) is 10.0. The summed E-state index contributed by atoms with van der Waals surface area (Å²) in [5.41, 5.74) is 25.6. The Kier molecular flexibility index (Phi) is 34.5. The van der Waals surface area contributed by atoms with Crippen LogP contribution in [0.15, 0.2) is 135 Å². The molecule has 8 heteroatoms. The maximum Gasteiger partial charge on any atom is 0.0883 e. The van der Waals surface area contributed by atoms with E-state index in [1.807, 2.05) is 139 Å². The molecule has 12 rings (SSSR count). The van der Waals surface area contributed by atoms with Gasteiger partial charge in [-0.3, -0.25) is 24.9 Å². The molecule has 0 aliphatic carbocycles. The van der Waals surface area contributed by atoms with Crippen molar-refractivity contribution in [3.8, 4) is 0 Å². The minimum absolute atomic E-state index is 1.08. The molecule has 0 saturated heterocycles. The van der Waals surface area contributed by atoms with Crippen LogP contribution in [-0.4, -0.2) is 38.6 Å². The van der Waals surface area contributed by atoms with Crippen LogP contribution in [-0.2, 0) is 21.1 Å². The first kappa shape index (κ1) is 77.0. The highest BCUT2D eigenvalue weighted by Gasteiger charge is 2.08. The van der Waals surface area contributed by atoms with Crippen LogP contribution in [0.4, 0.5) is 0 Å². The van der Waals surface area contributed by atoms with Crippen LogP contribution in [0.3, 0.4) is 0 Å². The summed E-state index contributed by atoms with van der Waals surface area (Å²) in [5.74, 6) is 0. The van der Waals surface area contributed by atoms with Gasteiger partial charge in [0.2, 0.25) is 0 Å². The summed E-state index contributed by atoms with van der Waals surface area (Å²) >= 11 is 0. The van der Waals surface area contributed by atoms with E-state index in [-0.39, 0.29) is 0 Å². The standard InChI is InChI=1S/3C12H13N.C11H13N.2C10H12N2.6C2H6/c1-8-4-5-11-7-13-6-9(2)12(11)10(8)3;1-8-4-5-11-6-7-13-10(3)12(11)9(8)2;1-8-4-5-11-12(10(8)3)9(2)6-7-13-11;1-8-4-5-10-6-7-12(3)11(10)9(8)2;1-7-8(2)11-6-9-4-5-12(3)10(7)9;1-7-6-11-9-4-5-12(3)10(9)8(7)2;6*1-2/h3*4-7H,1-3H3;4-7H,1-3H3;2*4-6H,1-3H3;6*1-2H3. The summed E-state index contributed by atoms with van der Waals surface area (Å²) in [6.07, 6.45) is 17.7. The topological polar surface area (TPSA) is 79.2 Å². The molecule has 0 spiro atoms. The van der Waals surface area contributed by atoms with E-state index < -0.39 is 0 Å². The number of hydrogen-bond donors (Lipinski definition) is 0. The smallest absolute Gasteiger partial charge is 0.0883 e. The molecule has 87 heavy (non-hydrogen) atoms. The van der Waals surface area contributed by atoms with Crippen LogP contribution in [0.2, 0.25) is 0 Å². The third-order valence-electron chi connectivity index (χ3n) is 15.3. The van der Waals surface area contributed by atoms with Crippen molar-refractivity contribution in [2.45, 2.75) is 187 Å². The van der Waals surface area contributed by atoms with Gasteiger partial charge in [0, 0.05) is 110 Å². The third kappa shape index (κ3) is 19.8. The Morgan fingerprint density at radius 2 is 0.701 bits per heavy atom. The zero-order valence-electron chi connectivity index (χ0n) is 59.8. The van der Waals surface area contributed by atoms with Gasteiger partial charge in [0.05, 0.1) is 27.6 Å². The van der Waals surface area contributed by atoms with Crippen molar-refractivity contribution in [1.82, 2.24) is 38.6 Å². The first-order chi connectivity index (χ1) is 41.7. The van der Waals surface area contributed by atoms with Crippen molar-refractivity contribution >= 4 is 65.3 Å². The Hall–Kier alpha value is -7.97. The van der Waals surface area contributed by atoms with Crippen molar-refractivity contribution < 1.29 is 0 Å². The lowest BCUT2D eigenvalue weighted by Crippen LogP contribution is -1.92. The molecule has 0 bridgehead atoms. The van der Waals surface area contributed by atoms with Crippen LogP contribution in [0, 0.1) is 104 Å². The molecule has 0 unspecified atom stereocenters. The lowest BCUT2D eigenvalue weighted by molar-refractivity contribution is 0.959. The molecule has 0 amide bonds. The van der Waals surface area contributed by atoms with Crippen molar-refractivity contribution in [3.05, 3.63) is 218 Å². The van der Waals surface area contributed by atoms with Gasteiger partial charge in [0.1, 0.15) is 0 Å². The zero-order chi connectivity index (χ0) is 66.4. The molecule has 0 aliphatic heterocycles. The molecule has 468 valence electrons. The lowest BCUT2D eigenvalue weighted by Gasteiger charge is -2.07. The molecule has 0 aliphatic rings. The largest absolute Gasteiger partial charge is 0.350 e. The normalized spacial score (nSPS) is 9.72. The minimum Gasteiger partial charge on any atom is -0.350 e. The average Bonchev–Trinajstić information content (AvgIpc) is 3.64. The van der Waals surface area contributed by atoms with Crippen LogP contribution in [0.1, 0.15) is 167 Å². The maximum absolute atomic E-state index is 4.34. The molecule has 4 aromatic carbocycles. The third-order valence-corrected chi connectivity index (χ3v) is 15.3. The fraction of sp³-hybridized carbons (Fsp3) is 0.380. The summed E-state index contributed by atoms with van der Waals surface area (Å²) in [5, 5.41) is 9.06. The number of pyridine rings is 5. The second-order valence-corrected chi connectivity index (χ2v) is 20.4. The molecule has 8 heterocycles. The van der Waals surface area contributed by atoms with Crippen molar-refractivity contribution in [1.29, 1.82) is 0 Å². The first-order valence-electron chi connectivity index (χ1n) is 31.9. The molecule has 0 fully saturated rings. The summed E-state index contributed by atoms with van der Waals surface area (Å²) in [4.78, 5) is 21.5. The molecule has 0 N–H and O–H groups in total. The molecule has 0 saturated carbocycles. The summed E-state index contributed by atoms with van der Waals surface area (Å²) in [7, 11) is 6.21. The van der Waals surface area contributed by atoms with E-state index in [0.29, 0.717) is 0 Å². The number of nitrogens with zero attached hydrogens (tertiary/aromatic N) is 8. The van der Waals surface area contributed by atoms with Gasteiger partial charge < -0.3 is 13.7 Å². The Balaban J connectivity index is 0.000000504. The highest BCUT2D eigenvalue weighted by Crippen LogP contribution is 2.27. The predicted octanol–water partition coefficient (Wildman–Crippen LogP) is 22.8. The van der Waals surface area contributed by atoms with E-state index in [2.05, 4.69) is 242 Å². The molecule has 8 nitrogen and oxygen atoms in total. The predicted molar refractivity (Wildman–Crippen MR) is 389 cm³/mol. The maximum atomic E-state index is 4.34. The quantitative estimate of drug-likeness (QED) is 0.151. The number of aryl methyl sites for hydroxylation is 18. The van der Waals surface area contributed by atoms with E-state index in [9.17, 15) is 0 Å². The van der Waals surface area contributed by atoms with Crippen molar-refractivity contribution in [2.24, 2.45) is 21.1 Å². The highest BCUT2D eigenvalue weighted by molar-refractivity contribution is 5.90. The molecule has 12 aromatic rings. The van der Waals surface area contributed by atoms with Gasteiger partial charge >= 0.3 is 0 Å². The van der Waals surface area contributed by atoms with Gasteiger partial charge in [-0.25, -0.2) is 0 Å². The second kappa shape index (κ2) is 38.9. The number of rotatable bonds is 0. The van der Waals surface area contributed by atoms with Crippen LogP contribution < -0.4 is 0 Å². The van der Waals surface area contributed by atoms with E-state index in [1.165, 1.54) is 127 Å². The monoisotopic (exact) mass is 1170 g/mol. The molecule has 8 aromatic heterocycles. The second-order valence-electron chi connectivity index (χ2n) is 20.4. The van der Waals surface area contributed by atoms with E-state index in [4.69, 9.17) is 0 Å². The number of aromatic nitrogens is 8. The van der Waals surface area contributed by atoms with Gasteiger partial charge in [-0.1, -0.05) is 126 Å². The van der Waals surface area contributed by atoms with E-state index in [0.717, 1.165) is 22.4 Å². The van der Waals surface area contributed by atoms with Gasteiger partial charge in [-0.2, -0.15) is 0 Å². The van der Waals surface area contributed by atoms with Gasteiger partial charge in [-0.15, -0.1) is 0 Å². The van der Waals surface area contributed by atoms with E-state index in [1.54, 1.807) is 0 Å². The number of hydrogen-bond acceptors (Lipinski definition) is 5. The Morgan fingerprint density at radius 3 is 1.29 bits per heavy atom. The Bertz CT molecular complexity index is 3580. The molecular weight excluding hydrogens is 1060 g/mol. The molecule has 0 radical (unpaired) electrons. The lowest BCUT2D eigenvalue weighted by atomic mass is 9.99. The first-order valence-corrected chi connectivity index (χ1v) is 31.9. The average molecular weight is 1170 g/mol. The SMILES string of the molecule is CC.CC.CC.CC.CC.CC.Cc1ccc2ccn(C)c2c1C.Cc1ccc2ccnc(C)c2c1C.Cc1ccc2cncc(C)c2c1C.Cc1ccc2nccc(C)c2c1C.Cc1cnc2ccn(C)c2c1C.Cc1ncc2ccn(C)c2c1C. The van der Waals surface area contributed by atoms with Gasteiger partial charge in [0.15, 0.2) is 0 Å². The van der Waals surface area contributed by atoms with Crippen molar-refractivity contribution in [2.75, 3.05) is 0 Å². The molecular formula is C79H112N8. The van der Waals surface area contributed by atoms with Crippen LogP contribution in [0.5, 0.6) is 0 Å².